The zero-order valence-corrected chi connectivity index (χ0v) is 16.3. The Morgan fingerprint density at radius 3 is 2.32 bits per heavy atom. The monoisotopic (exact) mass is 439 g/mol. The van der Waals surface area contributed by atoms with Crippen LogP contribution < -0.4 is 0 Å². The molecule has 0 radical (unpaired) electrons. The van der Waals surface area contributed by atoms with E-state index in [4.69, 9.17) is 0 Å². The first kappa shape index (κ1) is 20.2. The lowest BCUT2D eigenvalue weighted by molar-refractivity contribution is -0.384. The van der Waals surface area contributed by atoms with Gasteiger partial charge in [0.2, 0.25) is 0 Å². The Balaban J connectivity index is 1.95. The average molecular weight is 439 g/mol. The topological polar surface area (TPSA) is 163 Å². The molecule has 3 N–H and O–H groups in total. The number of phenolic OH excluding ortho intramolecular Hbond substituents is 2. The molecular formula is C20H13N3O7S. The van der Waals surface area contributed by atoms with Crippen molar-refractivity contribution in [1.82, 2.24) is 0 Å². The average Bonchev–Trinajstić information content (AvgIpc) is 2.73. The lowest BCUT2D eigenvalue weighted by atomic mass is 10.1. The zero-order chi connectivity index (χ0) is 22.3. The molecule has 0 saturated heterocycles. The largest absolute Gasteiger partial charge is 0.506 e. The zero-order valence-electron chi connectivity index (χ0n) is 15.5. The van der Waals surface area contributed by atoms with Gasteiger partial charge in [0.05, 0.1) is 4.92 Å². The lowest BCUT2D eigenvalue weighted by Gasteiger charge is -2.09. The number of non-ortho nitro benzene ring substituents is 1. The number of phenols is 2. The maximum atomic E-state index is 11.7. The van der Waals surface area contributed by atoms with E-state index in [1.165, 1.54) is 6.07 Å². The molecule has 156 valence electrons. The van der Waals surface area contributed by atoms with Crippen molar-refractivity contribution in [3.8, 4) is 11.5 Å². The molecule has 4 aromatic rings. The number of rotatable bonds is 4. The quantitative estimate of drug-likeness (QED) is 0.175. The minimum Gasteiger partial charge on any atom is -0.506 e. The summed E-state index contributed by atoms with van der Waals surface area (Å²) in [6.45, 7) is 0. The highest BCUT2D eigenvalue weighted by Gasteiger charge is 2.22. The highest BCUT2D eigenvalue weighted by molar-refractivity contribution is 7.86. The van der Waals surface area contributed by atoms with Gasteiger partial charge in [-0.1, -0.05) is 30.3 Å². The second-order valence-electron chi connectivity index (χ2n) is 6.56. The number of nitro groups is 1. The lowest BCUT2D eigenvalue weighted by Crippen LogP contribution is -1.99. The van der Waals surface area contributed by atoms with E-state index in [1.807, 2.05) is 0 Å². The molecule has 4 aromatic carbocycles. The smallest absolute Gasteiger partial charge is 0.295 e. The van der Waals surface area contributed by atoms with Crippen molar-refractivity contribution in [2.24, 2.45) is 10.2 Å². The Bertz CT molecular complexity index is 1510. The molecule has 11 heteroatoms. The molecule has 0 aromatic heterocycles. The highest BCUT2D eigenvalue weighted by Crippen LogP contribution is 2.42. The van der Waals surface area contributed by atoms with E-state index in [9.17, 15) is 33.3 Å². The van der Waals surface area contributed by atoms with Gasteiger partial charge in [0.1, 0.15) is 22.0 Å². The summed E-state index contributed by atoms with van der Waals surface area (Å²) in [5.74, 6) is -0.837. The van der Waals surface area contributed by atoms with Crippen LogP contribution in [0.2, 0.25) is 0 Å². The van der Waals surface area contributed by atoms with Gasteiger partial charge in [0.15, 0.2) is 5.75 Å². The molecule has 10 nitrogen and oxygen atoms in total. The molecule has 4 rings (SSSR count). The fraction of sp³-hybridized carbons (Fsp3) is 0. The van der Waals surface area contributed by atoms with Crippen LogP contribution in [0.5, 0.6) is 11.5 Å². The van der Waals surface area contributed by atoms with Crippen molar-refractivity contribution < 1.29 is 28.1 Å². The first-order valence-electron chi connectivity index (χ1n) is 8.71. The van der Waals surface area contributed by atoms with Crippen LogP contribution in [0.4, 0.5) is 17.1 Å². The van der Waals surface area contributed by atoms with Crippen LogP contribution in [-0.4, -0.2) is 28.1 Å². The molecule has 0 aliphatic heterocycles. The van der Waals surface area contributed by atoms with Crippen LogP contribution in [0.25, 0.3) is 21.5 Å². The summed E-state index contributed by atoms with van der Waals surface area (Å²) < 4.78 is 32.9. The maximum Gasteiger partial charge on any atom is 0.295 e. The minimum atomic E-state index is -4.74. The summed E-state index contributed by atoms with van der Waals surface area (Å²) in [7, 11) is -4.74. The van der Waals surface area contributed by atoms with Crippen molar-refractivity contribution >= 4 is 48.7 Å². The highest BCUT2D eigenvalue weighted by atomic mass is 32.2. The normalized spacial score (nSPS) is 12.0. The van der Waals surface area contributed by atoms with Crippen LogP contribution >= 0.6 is 0 Å². The number of aromatic hydroxyl groups is 2. The van der Waals surface area contributed by atoms with Crippen molar-refractivity contribution in [1.29, 1.82) is 0 Å². The van der Waals surface area contributed by atoms with E-state index in [-0.39, 0.29) is 33.6 Å². The van der Waals surface area contributed by atoms with E-state index in [0.717, 1.165) is 29.7 Å². The third-order valence-corrected chi connectivity index (χ3v) is 5.55. The summed E-state index contributed by atoms with van der Waals surface area (Å²) in [6.07, 6.45) is 0. The molecule has 0 heterocycles. The molecule has 0 amide bonds. The Hall–Kier alpha value is -4.09. The molecule has 0 aliphatic carbocycles. The third kappa shape index (κ3) is 3.63. The Morgan fingerprint density at radius 1 is 0.871 bits per heavy atom. The van der Waals surface area contributed by atoms with Gasteiger partial charge < -0.3 is 10.2 Å². The van der Waals surface area contributed by atoms with E-state index < -0.39 is 25.7 Å². The van der Waals surface area contributed by atoms with E-state index >= 15 is 0 Å². The fourth-order valence-corrected chi connectivity index (χ4v) is 3.93. The minimum absolute atomic E-state index is 0.0653. The number of hydrogen-bond donors (Lipinski definition) is 3. The van der Waals surface area contributed by atoms with Crippen LogP contribution in [0.15, 0.2) is 75.8 Å². The predicted molar refractivity (Wildman–Crippen MR) is 112 cm³/mol. The van der Waals surface area contributed by atoms with Gasteiger partial charge in [-0.3, -0.25) is 14.7 Å². The number of nitrogens with zero attached hydrogens (tertiary/aromatic N) is 3. The number of benzene rings is 4. The first-order chi connectivity index (χ1) is 14.7. The number of fused-ring (bicyclic) bond motifs is 2. The molecule has 0 fully saturated rings. The molecule has 0 bridgehead atoms. The third-order valence-electron chi connectivity index (χ3n) is 4.66. The summed E-state index contributed by atoms with van der Waals surface area (Å²) in [4.78, 5) is 9.82. The number of azo groups is 1. The maximum absolute atomic E-state index is 11.7. The van der Waals surface area contributed by atoms with E-state index in [1.54, 1.807) is 30.3 Å². The molecule has 0 atom stereocenters. The van der Waals surface area contributed by atoms with Crippen LogP contribution in [0.1, 0.15) is 0 Å². The number of hydrogen-bond acceptors (Lipinski definition) is 8. The van der Waals surface area contributed by atoms with E-state index in [0.29, 0.717) is 5.39 Å². The van der Waals surface area contributed by atoms with Crippen molar-refractivity contribution in [3.63, 3.8) is 0 Å². The molecular weight excluding hydrogens is 426 g/mol. The van der Waals surface area contributed by atoms with Gasteiger partial charge in [-0.2, -0.15) is 8.42 Å². The van der Waals surface area contributed by atoms with E-state index in [2.05, 4.69) is 10.2 Å². The van der Waals surface area contributed by atoms with Gasteiger partial charge in [-0.25, -0.2) is 0 Å². The van der Waals surface area contributed by atoms with Gasteiger partial charge in [0.25, 0.3) is 15.8 Å². The van der Waals surface area contributed by atoms with Gasteiger partial charge in [-0.05, 0) is 17.5 Å². The van der Waals surface area contributed by atoms with Crippen LogP contribution in [-0.2, 0) is 10.1 Å². The standard InChI is InChI=1S/C20H13N3O7S/c24-17-10-18(31(28,29)30)14-7-6-12(23(26)27)9-15(14)19(17)22-21-16-8-5-11-3-1-2-4-13(11)20(16)25/h1-10,24-25H,(H,28,29,30). The number of nitro benzene ring substituents is 1. The summed E-state index contributed by atoms with van der Waals surface area (Å²) in [5.41, 5.74) is -0.585. The van der Waals surface area contributed by atoms with Crippen molar-refractivity contribution in [3.05, 3.63) is 70.8 Å². The fourth-order valence-electron chi connectivity index (χ4n) is 3.21. The summed E-state index contributed by atoms with van der Waals surface area (Å²) >= 11 is 0. The van der Waals surface area contributed by atoms with Gasteiger partial charge >= 0.3 is 0 Å². The first-order valence-corrected chi connectivity index (χ1v) is 10.1. The molecule has 31 heavy (non-hydrogen) atoms. The Kier molecular flexibility index (Phi) is 4.76. The molecule has 0 saturated carbocycles. The van der Waals surface area contributed by atoms with Crippen LogP contribution in [0.3, 0.4) is 0 Å². The molecule has 0 spiro atoms. The van der Waals surface area contributed by atoms with Crippen molar-refractivity contribution in [2.75, 3.05) is 0 Å². The summed E-state index contributed by atoms with van der Waals surface area (Å²) in [5, 5.41) is 40.9. The molecule has 0 aliphatic rings. The van der Waals surface area contributed by atoms with Crippen LogP contribution in [0, 0.1) is 10.1 Å². The second kappa shape index (κ2) is 7.31. The second-order valence-corrected chi connectivity index (χ2v) is 7.95. The van der Waals surface area contributed by atoms with Gasteiger partial charge in [0, 0.05) is 34.4 Å². The predicted octanol–water partition coefficient (Wildman–Crippen LogP) is 4.97. The summed E-state index contributed by atoms with van der Waals surface area (Å²) in [6, 6.07) is 14.2. The van der Waals surface area contributed by atoms with Crippen molar-refractivity contribution in [2.45, 2.75) is 4.90 Å². The SMILES string of the molecule is O=[N+]([O-])c1ccc2c(S(=O)(=O)O)cc(O)c(N=Nc3ccc4ccccc4c3O)c2c1. The molecule has 0 unspecified atom stereocenters. The Labute approximate surface area is 174 Å². The van der Waals surface area contributed by atoms with Gasteiger partial charge in [-0.15, -0.1) is 10.2 Å². The Morgan fingerprint density at radius 2 is 1.61 bits per heavy atom.